The summed E-state index contributed by atoms with van der Waals surface area (Å²) in [5.74, 6) is 0. The van der Waals surface area contributed by atoms with Gasteiger partial charge in [0.1, 0.15) is 0 Å². The maximum Gasteiger partial charge on any atom is 0.401 e. The minimum atomic E-state index is -4.17. The van der Waals surface area contributed by atoms with Gasteiger partial charge in [0.2, 0.25) is 0 Å². The summed E-state index contributed by atoms with van der Waals surface area (Å²) >= 11 is 0. The van der Waals surface area contributed by atoms with Gasteiger partial charge in [-0.25, -0.2) is 0 Å². The summed E-state index contributed by atoms with van der Waals surface area (Å²) in [5.41, 5.74) is 1.88. The van der Waals surface area contributed by atoms with Gasteiger partial charge in [-0.1, -0.05) is 12.1 Å². The van der Waals surface area contributed by atoms with Crippen molar-refractivity contribution in [2.45, 2.75) is 31.7 Å². The summed E-state index contributed by atoms with van der Waals surface area (Å²) in [7, 11) is 0. The third-order valence-electron chi connectivity index (χ3n) is 3.42. The van der Waals surface area contributed by atoms with Crippen LogP contribution in [0.2, 0.25) is 0 Å². The van der Waals surface area contributed by atoms with Crippen molar-refractivity contribution in [3.8, 4) is 0 Å². The zero-order chi connectivity index (χ0) is 14.6. The molecular formula is C14H19F3N2O. The SMILES string of the molecule is OC1CCN(c2ccc(CNCC(F)(F)F)cc2)CC1. The fourth-order valence-electron chi connectivity index (χ4n) is 2.30. The second kappa shape index (κ2) is 6.45. The van der Waals surface area contributed by atoms with E-state index in [0.29, 0.717) is 0 Å². The van der Waals surface area contributed by atoms with Gasteiger partial charge in [-0.05, 0) is 30.5 Å². The number of aliphatic hydroxyl groups excluding tert-OH is 1. The molecule has 1 aromatic carbocycles. The van der Waals surface area contributed by atoms with E-state index in [4.69, 9.17) is 0 Å². The van der Waals surface area contributed by atoms with Crippen molar-refractivity contribution < 1.29 is 18.3 Å². The van der Waals surface area contributed by atoms with Crippen LogP contribution in [0.25, 0.3) is 0 Å². The van der Waals surface area contributed by atoms with Crippen molar-refractivity contribution in [3.05, 3.63) is 29.8 Å². The van der Waals surface area contributed by atoms with Crippen LogP contribution in [0.4, 0.5) is 18.9 Å². The predicted octanol–water partition coefficient (Wildman–Crippen LogP) is 2.30. The molecule has 0 radical (unpaired) electrons. The Morgan fingerprint density at radius 1 is 1.15 bits per heavy atom. The molecule has 0 aliphatic carbocycles. The number of nitrogens with one attached hydrogen (secondary N) is 1. The Morgan fingerprint density at radius 3 is 2.30 bits per heavy atom. The van der Waals surface area contributed by atoms with Crippen LogP contribution in [0.3, 0.4) is 0 Å². The molecule has 2 N–H and O–H groups in total. The van der Waals surface area contributed by atoms with Gasteiger partial charge in [0.25, 0.3) is 0 Å². The number of alkyl halides is 3. The average Bonchev–Trinajstić information content (AvgIpc) is 2.39. The lowest BCUT2D eigenvalue weighted by Crippen LogP contribution is -2.35. The minimum Gasteiger partial charge on any atom is -0.393 e. The highest BCUT2D eigenvalue weighted by Crippen LogP contribution is 2.20. The molecule has 20 heavy (non-hydrogen) atoms. The van der Waals surface area contributed by atoms with Crippen molar-refractivity contribution in [2.24, 2.45) is 0 Å². The van der Waals surface area contributed by atoms with E-state index in [1.807, 2.05) is 24.3 Å². The van der Waals surface area contributed by atoms with Crippen molar-refractivity contribution in [1.82, 2.24) is 5.32 Å². The quantitative estimate of drug-likeness (QED) is 0.892. The van der Waals surface area contributed by atoms with Gasteiger partial charge < -0.3 is 15.3 Å². The lowest BCUT2D eigenvalue weighted by Gasteiger charge is -2.31. The van der Waals surface area contributed by atoms with Crippen LogP contribution in [0.1, 0.15) is 18.4 Å². The monoisotopic (exact) mass is 288 g/mol. The summed E-state index contributed by atoms with van der Waals surface area (Å²) in [5, 5.41) is 11.8. The second-order valence-electron chi connectivity index (χ2n) is 5.10. The van der Waals surface area contributed by atoms with Crippen LogP contribution in [0.5, 0.6) is 0 Å². The van der Waals surface area contributed by atoms with Gasteiger partial charge in [0.15, 0.2) is 0 Å². The molecule has 1 fully saturated rings. The number of benzene rings is 1. The molecule has 0 spiro atoms. The normalized spacial score (nSPS) is 17.5. The first-order chi connectivity index (χ1) is 9.44. The Labute approximate surface area is 116 Å². The molecule has 1 saturated heterocycles. The molecule has 0 unspecified atom stereocenters. The zero-order valence-electron chi connectivity index (χ0n) is 11.2. The van der Waals surface area contributed by atoms with E-state index in [0.717, 1.165) is 37.2 Å². The second-order valence-corrected chi connectivity index (χ2v) is 5.10. The average molecular weight is 288 g/mol. The van der Waals surface area contributed by atoms with Crippen LogP contribution in [0.15, 0.2) is 24.3 Å². The van der Waals surface area contributed by atoms with Crippen LogP contribution in [0, 0.1) is 0 Å². The van der Waals surface area contributed by atoms with Crippen molar-refractivity contribution in [1.29, 1.82) is 0 Å². The Bertz CT molecular complexity index is 411. The lowest BCUT2D eigenvalue weighted by atomic mass is 10.1. The summed E-state index contributed by atoms with van der Waals surface area (Å²) in [6.45, 7) is 0.858. The van der Waals surface area contributed by atoms with Crippen LogP contribution in [-0.2, 0) is 6.54 Å². The summed E-state index contributed by atoms with van der Waals surface area (Å²) < 4.78 is 36.0. The molecular weight excluding hydrogens is 269 g/mol. The van der Waals surface area contributed by atoms with E-state index < -0.39 is 12.7 Å². The molecule has 2 rings (SSSR count). The van der Waals surface area contributed by atoms with Gasteiger partial charge in [-0.2, -0.15) is 13.2 Å². The molecule has 3 nitrogen and oxygen atoms in total. The summed E-state index contributed by atoms with van der Waals surface area (Å²) in [4.78, 5) is 2.18. The topological polar surface area (TPSA) is 35.5 Å². The predicted molar refractivity (Wildman–Crippen MR) is 71.7 cm³/mol. The smallest absolute Gasteiger partial charge is 0.393 e. The first-order valence-corrected chi connectivity index (χ1v) is 6.73. The molecule has 1 aliphatic heterocycles. The van der Waals surface area contributed by atoms with Crippen LogP contribution < -0.4 is 10.2 Å². The molecule has 0 saturated carbocycles. The van der Waals surface area contributed by atoms with Crippen molar-refractivity contribution >= 4 is 5.69 Å². The van der Waals surface area contributed by atoms with Gasteiger partial charge in [0.05, 0.1) is 12.6 Å². The number of hydrogen-bond acceptors (Lipinski definition) is 3. The van der Waals surface area contributed by atoms with E-state index in [1.54, 1.807) is 0 Å². The molecule has 0 amide bonds. The number of aliphatic hydroxyl groups is 1. The Morgan fingerprint density at radius 2 is 1.75 bits per heavy atom. The maximum atomic E-state index is 12.0. The lowest BCUT2D eigenvalue weighted by molar-refractivity contribution is -0.125. The molecule has 0 aromatic heterocycles. The van der Waals surface area contributed by atoms with Crippen molar-refractivity contribution in [3.63, 3.8) is 0 Å². The minimum absolute atomic E-state index is 0.207. The number of rotatable bonds is 4. The summed E-state index contributed by atoms with van der Waals surface area (Å²) in [6, 6.07) is 7.51. The molecule has 112 valence electrons. The molecule has 6 heteroatoms. The van der Waals surface area contributed by atoms with Crippen molar-refractivity contribution in [2.75, 3.05) is 24.5 Å². The van der Waals surface area contributed by atoms with Gasteiger partial charge >= 0.3 is 6.18 Å². The fourth-order valence-corrected chi connectivity index (χ4v) is 2.30. The number of piperidine rings is 1. The van der Waals surface area contributed by atoms with Gasteiger partial charge in [-0.3, -0.25) is 0 Å². The zero-order valence-corrected chi connectivity index (χ0v) is 11.2. The highest BCUT2D eigenvalue weighted by Gasteiger charge is 2.26. The number of hydrogen-bond donors (Lipinski definition) is 2. The number of anilines is 1. The highest BCUT2D eigenvalue weighted by molar-refractivity contribution is 5.48. The van der Waals surface area contributed by atoms with Gasteiger partial charge in [0, 0.05) is 25.3 Å². The van der Waals surface area contributed by atoms with Crippen LogP contribution >= 0.6 is 0 Å². The standard InChI is InChI=1S/C14H19F3N2O/c15-14(16,17)10-18-9-11-1-3-12(4-2-11)19-7-5-13(20)6-8-19/h1-4,13,18,20H,5-10H2. The van der Waals surface area contributed by atoms with Gasteiger partial charge in [-0.15, -0.1) is 0 Å². The first kappa shape index (κ1) is 15.1. The molecule has 1 heterocycles. The number of nitrogens with zero attached hydrogens (tertiary/aromatic N) is 1. The maximum absolute atomic E-state index is 12.0. The largest absolute Gasteiger partial charge is 0.401 e. The Balaban J connectivity index is 1.83. The van der Waals surface area contributed by atoms with E-state index in [9.17, 15) is 18.3 Å². The Hall–Kier alpha value is -1.27. The highest BCUT2D eigenvalue weighted by atomic mass is 19.4. The third kappa shape index (κ3) is 4.68. The fraction of sp³-hybridized carbons (Fsp3) is 0.571. The van der Waals surface area contributed by atoms with E-state index in [1.165, 1.54) is 0 Å². The summed E-state index contributed by atoms with van der Waals surface area (Å²) in [6.07, 6.45) is -2.87. The van der Waals surface area contributed by atoms with E-state index in [2.05, 4.69) is 10.2 Å². The Kier molecular flexibility index (Phi) is 4.88. The van der Waals surface area contributed by atoms with Crippen LogP contribution in [-0.4, -0.2) is 37.0 Å². The molecule has 1 aliphatic rings. The molecule has 0 bridgehead atoms. The number of halogens is 3. The van der Waals surface area contributed by atoms with E-state index >= 15 is 0 Å². The first-order valence-electron chi connectivity index (χ1n) is 6.73. The molecule has 0 atom stereocenters. The third-order valence-corrected chi connectivity index (χ3v) is 3.42. The molecule has 1 aromatic rings. The van der Waals surface area contributed by atoms with E-state index in [-0.39, 0.29) is 12.6 Å².